The standard InChI is InChI=1S/C22H26N4OS2/c1-17-5-6-19(14-18(17)2)21-16-29-22(23-7-8-25-9-11-27-12-10-25)26(21)24-15-20-4-3-13-28-20/h3-6,13-16H,7-12H2,1-2H3/b23-22?,24-15+. The van der Waals surface area contributed by atoms with Crippen molar-refractivity contribution in [1.82, 2.24) is 9.58 Å². The zero-order valence-corrected chi connectivity index (χ0v) is 18.5. The summed E-state index contributed by atoms with van der Waals surface area (Å²) in [6.07, 6.45) is 1.92. The van der Waals surface area contributed by atoms with Crippen LogP contribution < -0.4 is 4.80 Å². The molecule has 1 aromatic carbocycles. The molecule has 0 saturated carbocycles. The van der Waals surface area contributed by atoms with Gasteiger partial charge in [0.05, 0.1) is 31.7 Å². The molecule has 2 aromatic heterocycles. The smallest absolute Gasteiger partial charge is 0.206 e. The number of thiazole rings is 1. The molecular weight excluding hydrogens is 400 g/mol. The molecule has 0 spiro atoms. The number of rotatable bonds is 6. The molecule has 5 nitrogen and oxygen atoms in total. The summed E-state index contributed by atoms with van der Waals surface area (Å²) in [5, 5.41) is 9.01. The first-order valence-electron chi connectivity index (χ1n) is 9.87. The van der Waals surface area contributed by atoms with Crippen molar-refractivity contribution in [1.29, 1.82) is 0 Å². The molecule has 0 atom stereocenters. The number of thiophene rings is 1. The number of morpholine rings is 1. The number of aromatic nitrogens is 1. The molecular formula is C22H26N4OS2. The van der Waals surface area contributed by atoms with Gasteiger partial charge in [-0.2, -0.15) is 5.10 Å². The third kappa shape index (κ3) is 5.11. The first-order chi connectivity index (χ1) is 14.2. The highest BCUT2D eigenvalue weighted by Gasteiger charge is 2.11. The summed E-state index contributed by atoms with van der Waals surface area (Å²) in [5.74, 6) is 0. The predicted octanol–water partition coefficient (Wildman–Crippen LogP) is 4.01. The highest BCUT2D eigenvalue weighted by Crippen LogP contribution is 2.23. The van der Waals surface area contributed by atoms with Gasteiger partial charge in [-0.25, -0.2) is 4.68 Å². The van der Waals surface area contributed by atoms with E-state index in [-0.39, 0.29) is 0 Å². The molecule has 0 amide bonds. The van der Waals surface area contributed by atoms with Crippen LogP contribution in [0.5, 0.6) is 0 Å². The van der Waals surface area contributed by atoms with Crippen LogP contribution in [0, 0.1) is 13.8 Å². The minimum absolute atomic E-state index is 0.765. The molecule has 0 radical (unpaired) electrons. The van der Waals surface area contributed by atoms with E-state index in [1.807, 2.05) is 17.0 Å². The zero-order chi connectivity index (χ0) is 20.1. The van der Waals surface area contributed by atoms with Crippen molar-refractivity contribution < 1.29 is 4.74 Å². The van der Waals surface area contributed by atoms with Gasteiger partial charge in [0.1, 0.15) is 0 Å². The van der Waals surface area contributed by atoms with Crippen LogP contribution in [0.25, 0.3) is 11.3 Å². The minimum Gasteiger partial charge on any atom is -0.379 e. The second-order valence-electron chi connectivity index (χ2n) is 7.11. The van der Waals surface area contributed by atoms with E-state index in [2.05, 4.69) is 53.8 Å². The number of hydrogen-bond acceptors (Lipinski definition) is 6. The molecule has 7 heteroatoms. The fourth-order valence-corrected chi connectivity index (χ4v) is 4.65. The first kappa shape index (κ1) is 20.2. The van der Waals surface area contributed by atoms with Crippen LogP contribution in [0.15, 0.2) is 51.2 Å². The van der Waals surface area contributed by atoms with E-state index in [0.717, 1.165) is 54.8 Å². The maximum absolute atomic E-state index is 5.43. The molecule has 29 heavy (non-hydrogen) atoms. The van der Waals surface area contributed by atoms with Gasteiger partial charge < -0.3 is 4.74 Å². The number of hydrogen-bond donors (Lipinski definition) is 0. The van der Waals surface area contributed by atoms with Gasteiger partial charge in [-0.05, 0) is 42.5 Å². The lowest BCUT2D eigenvalue weighted by atomic mass is 10.1. The maximum atomic E-state index is 5.43. The molecule has 1 aliphatic rings. The number of benzene rings is 1. The van der Waals surface area contributed by atoms with E-state index in [0.29, 0.717) is 0 Å². The third-order valence-corrected chi connectivity index (χ3v) is 6.76. The summed E-state index contributed by atoms with van der Waals surface area (Å²) in [6.45, 7) is 9.63. The summed E-state index contributed by atoms with van der Waals surface area (Å²) in [6, 6.07) is 10.7. The molecule has 3 aromatic rings. The zero-order valence-electron chi connectivity index (χ0n) is 16.9. The Morgan fingerprint density at radius 2 is 1.97 bits per heavy atom. The Labute approximate surface area is 179 Å². The van der Waals surface area contributed by atoms with E-state index in [1.54, 1.807) is 22.7 Å². The van der Waals surface area contributed by atoms with Crippen molar-refractivity contribution >= 4 is 28.9 Å². The normalized spacial score (nSPS) is 16.1. The van der Waals surface area contributed by atoms with Crippen LogP contribution in [0.3, 0.4) is 0 Å². The van der Waals surface area contributed by atoms with Gasteiger partial charge in [0, 0.05) is 35.5 Å². The Balaban J connectivity index is 1.64. The van der Waals surface area contributed by atoms with E-state index >= 15 is 0 Å². The van der Waals surface area contributed by atoms with Crippen LogP contribution in [0.4, 0.5) is 0 Å². The highest BCUT2D eigenvalue weighted by molar-refractivity contribution is 7.11. The van der Waals surface area contributed by atoms with Crippen LogP contribution in [0.1, 0.15) is 16.0 Å². The first-order valence-corrected chi connectivity index (χ1v) is 11.6. The van der Waals surface area contributed by atoms with E-state index in [4.69, 9.17) is 14.8 Å². The van der Waals surface area contributed by atoms with Crippen LogP contribution >= 0.6 is 22.7 Å². The Morgan fingerprint density at radius 1 is 1.10 bits per heavy atom. The van der Waals surface area contributed by atoms with Crippen molar-refractivity contribution in [3.05, 3.63) is 61.9 Å². The van der Waals surface area contributed by atoms with Crippen LogP contribution in [-0.4, -0.2) is 55.2 Å². The second-order valence-corrected chi connectivity index (χ2v) is 8.93. The maximum Gasteiger partial charge on any atom is 0.206 e. The lowest BCUT2D eigenvalue weighted by Crippen LogP contribution is -2.38. The minimum atomic E-state index is 0.765. The Kier molecular flexibility index (Phi) is 6.71. The Hall–Kier alpha value is -2.06. The van der Waals surface area contributed by atoms with E-state index in [9.17, 15) is 0 Å². The van der Waals surface area contributed by atoms with Gasteiger partial charge >= 0.3 is 0 Å². The second kappa shape index (κ2) is 9.63. The van der Waals surface area contributed by atoms with Gasteiger partial charge in [-0.3, -0.25) is 9.89 Å². The fraction of sp³-hybridized carbons (Fsp3) is 0.364. The molecule has 1 aliphatic heterocycles. The van der Waals surface area contributed by atoms with E-state index in [1.165, 1.54) is 16.7 Å². The number of nitrogens with zero attached hydrogens (tertiary/aromatic N) is 4. The quantitative estimate of drug-likeness (QED) is 0.559. The molecule has 0 unspecified atom stereocenters. The van der Waals surface area contributed by atoms with Gasteiger partial charge in [0.25, 0.3) is 0 Å². The average Bonchev–Trinajstić information content (AvgIpc) is 3.39. The van der Waals surface area contributed by atoms with Crippen molar-refractivity contribution in [2.75, 3.05) is 39.4 Å². The molecule has 3 heterocycles. The molecule has 1 fully saturated rings. The highest BCUT2D eigenvalue weighted by atomic mass is 32.1. The van der Waals surface area contributed by atoms with E-state index < -0.39 is 0 Å². The fourth-order valence-electron chi connectivity index (χ4n) is 3.21. The van der Waals surface area contributed by atoms with Gasteiger partial charge in [0.2, 0.25) is 4.80 Å². The summed E-state index contributed by atoms with van der Waals surface area (Å²) in [5.41, 5.74) is 4.83. The summed E-state index contributed by atoms with van der Waals surface area (Å²) in [7, 11) is 0. The summed E-state index contributed by atoms with van der Waals surface area (Å²) >= 11 is 3.33. The predicted molar refractivity (Wildman–Crippen MR) is 122 cm³/mol. The molecule has 0 N–H and O–H groups in total. The van der Waals surface area contributed by atoms with Gasteiger partial charge in [-0.15, -0.1) is 22.7 Å². The van der Waals surface area contributed by atoms with Gasteiger partial charge in [0.15, 0.2) is 0 Å². The van der Waals surface area contributed by atoms with Crippen molar-refractivity contribution in [3.63, 3.8) is 0 Å². The lowest BCUT2D eigenvalue weighted by molar-refractivity contribution is 0.0393. The SMILES string of the molecule is Cc1ccc(-c2csc(=NCCN3CCOCC3)n2/N=C/c2cccs2)cc1C. The Morgan fingerprint density at radius 3 is 2.72 bits per heavy atom. The third-order valence-electron chi connectivity index (χ3n) is 5.10. The van der Waals surface area contributed by atoms with Gasteiger partial charge in [-0.1, -0.05) is 18.2 Å². The lowest BCUT2D eigenvalue weighted by Gasteiger charge is -2.25. The van der Waals surface area contributed by atoms with Crippen molar-refractivity contribution in [3.8, 4) is 11.3 Å². The Bertz CT molecular complexity index is 1030. The monoisotopic (exact) mass is 426 g/mol. The summed E-state index contributed by atoms with van der Waals surface area (Å²) in [4.78, 5) is 9.35. The molecule has 4 rings (SSSR count). The number of ether oxygens (including phenoxy) is 1. The van der Waals surface area contributed by atoms with Crippen LogP contribution in [0.2, 0.25) is 0 Å². The summed E-state index contributed by atoms with van der Waals surface area (Å²) < 4.78 is 7.41. The topological polar surface area (TPSA) is 42.1 Å². The largest absolute Gasteiger partial charge is 0.379 e. The molecule has 0 aliphatic carbocycles. The number of aryl methyl sites for hydroxylation is 2. The van der Waals surface area contributed by atoms with Crippen molar-refractivity contribution in [2.45, 2.75) is 13.8 Å². The molecule has 152 valence electrons. The van der Waals surface area contributed by atoms with Crippen molar-refractivity contribution in [2.24, 2.45) is 10.1 Å². The average molecular weight is 427 g/mol. The van der Waals surface area contributed by atoms with Crippen LogP contribution in [-0.2, 0) is 4.74 Å². The molecule has 1 saturated heterocycles. The molecule has 0 bridgehead atoms.